The largest absolute Gasteiger partial charge is 0.508 e. The summed E-state index contributed by atoms with van der Waals surface area (Å²) in [5.74, 6) is 1.32. The third-order valence-corrected chi connectivity index (χ3v) is 7.16. The van der Waals surface area contributed by atoms with E-state index in [4.69, 9.17) is 0 Å². The van der Waals surface area contributed by atoms with E-state index < -0.39 is 0 Å². The Kier molecular flexibility index (Phi) is 7.77. The van der Waals surface area contributed by atoms with Crippen LogP contribution in [0.1, 0.15) is 51.7 Å². The summed E-state index contributed by atoms with van der Waals surface area (Å²) in [5.41, 5.74) is 2.48. The second-order valence-electron chi connectivity index (χ2n) is 9.78. The molecule has 1 aliphatic heterocycles. The van der Waals surface area contributed by atoms with Gasteiger partial charge in [0.1, 0.15) is 5.75 Å². The van der Waals surface area contributed by atoms with Crippen LogP contribution in [0.25, 0.3) is 0 Å². The topological polar surface area (TPSA) is 52.6 Å². The third kappa shape index (κ3) is 6.10. The van der Waals surface area contributed by atoms with Crippen molar-refractivity contribution in [2.75, 3.05) is 19.6 Å². The second-order valence-corrected chi connectivity index (χ2v) is 9.78. The van der Waals surface area contributed by atoms with Gasteiger partial charge in [0.2, 0.25) is 5.91 Å². The summed E-state index contributed by atoms with van der Waals surface area (Å²) in [4.78, 5) is 15.1. The van der Waals surface area contributed by atoms with Crippen LogP contribution in [0.15, 0.2) is 54.6 Å². The van der Waals surface area contributed by atoms with Gasteiger partial charge in [-0.25, -0.2) is 0 Å². The maximum absolute atomic E-state index is 12.6. The van der Waals surface area contributed by atoms with Crippen LogP contribution in [0.2, 0.25) is 0 Å². The van der Waals surface area contributed by atoms with Crippen molar-refractivity contribution in [3.63, 3.8) is 0 Å². The van der Waals surface area contributed by atoms with Crippen molar-refractivity contribution in [2.45, 2.75) is 58.4 Å². The molecule has 31 heavy (non-hydrogen) atoms. The number of piperidine rings is 1. The third-order valence-electron chi connectivity index (χ3n) is 7.16. The summed E-state index contributed by atoms with van der Waals surface area (Å²) in [7, 11) is 0. The predicted octanol–water partition coefficient (Wildman–Crippen LogP) is 4.77. The minimum atomic E-state index is 0.0570. The fourth-order valence-corrected chi connectivity index (χ4v) is 4.66. The number of hydrogen-bond acceptors (Lipinski definition) is 3. The number of aromatic hydroxyl groups is 1. The smallest absolute Gasteiger partial charge is 0.220 e. The maximum atomic E-state index is 12.6. The number of amides is 1. The zero-order valence-electron chi connectivity index (χ0n) is 19.5. The molecule has 168 valence electrons. The van der Waals surface area contributed by atoms with E-state index in [2.05, 4.69) is 56.1 Å². The lowest BCUT2D eigenvalue weighted by atomic mass is 9.68. The van der Waals surface area contributed by atoms with Gasteiger partial charge in [0.25, 0.3) is 0 Å². The average molecular weight is 423 g/mol. The summed E-state index contributed by atoms with van der Waals surface area (Å²) in [5, 5.41) is 13.2. The summed E-state index contributed by atoms with van der Waals surface area (Å²) in [6, 6.07) is 18.1. The Bertz CT molecular complexity index is 851. The highest BCUT2D eigenvalue weighted by Crippen LogP contribution is 2.40. The Morgan fingerprint density at radius 3 is 2.58 bits per heavy atom. The van der Waals surface area contributed by atoms with Gasteiger partial charge < -0.3 is 15.3 Å². The number of carbonyl (C=O) groups is 1. The Morgan fingerprint density at radius 1 is 1.19 bits per heavy atom. The van der Waals surface area contributed by atoms with Crippen LogP contribution in [0.5, 0.6) is 5.75 Å². The number of carbonyl (C=O) groups excluding carboxylic acids is 1. The Morgan fingerprint density at radius 2 is 1.94 bits per heavy atom. The molecule has 2 aromatic carbocycles. The first-order chi connectivity index (χ1) is 14.8. The van der Waals surface area contributed by atoms with Gasteiger partial charge in [0, 0.05) is 25.6 Å². The second kappa shape index (κ2) is 10.3. The number of phenolic OH excluding ortho intramolecular Hbond substituents is 1. The molecule has 3 atom stereocenters. The molecule has 0 unspecified atom stereocenters. The lowest BCUT2D eigenvalue weighted by molar-refractivity contribution is -0.122. The van der Waals surface area contributed by atoms with Crippen LogP contribution in [0.3, 0.4) is 0 Å². The molecule has 2 aromatic rings. The van der Waals surface area contributed by atoms with Gasteiger partial charge in [-0.1, -0.05) is 70.2 Å². The molecule has 0 bridgehead atoms. The summed E-state index contributed by atoms with van der Waals surface area (Å²) in [6.07, 6.45) is 2.35. The van der Waals surface area contributed by atoms with E-state index in [-0.39, 0.29) is 17.4 Å². The van der Waals surface area contributed by atoms with Crippen molar-refractivity contribution < 1.29 is 9.90 Å². The van der Waals surface area contributed by atoms with E-state index in [1.54, 1.807) is 6.07 Å². The molecule has 0 radical (unpaired) electrons. The molecule has 2 N–H and O–H groups in total. The first-order valence-corrected chi connectivity index (χ1v) is 11.6. The number of nitrogens with one attached hydrogen (secondary N) is 1. The van der Waals surface area contributed by atoms with Crippen molar-refractivity contribution in [2.24, 2.45) is 11.8 Å². The number of hydrogen-bond donors (Lipinski definition) is 2. The Hall–Kier alpha value is -2.33. The Labute approximate surface area is 187 Å². The average Bonchev–Trinajstić information content (AvgIpc) is 2.75. The van der Waals surface area contributed by atoms with Crippen molar-refractivity contribution in [1.29, 1.82) is 0 Å². The van der Waals surface area contributed by atoms with E-state index in [1.807, 2.05) is 30.3 Å². The number of rotatable bonds is 8. The van der Waals surface area contributed by atoms with E-state index in [0.717, 1.165) is 32.5 Å². The van der Waals surface area contributed by atoms with Gasteiger partial charge in [-0.2, -0.15) is 0 Å². The summed E-state index contributed by atoms with van der Waals surface area (Å²) >= 11 is 0. The zero-order chi connectivity index (χ0) is 22.4. The quantitative estimate of drug-likeness (QED) is 0.645. The van der Waals surface area contributed by atoms with Crippen LogP contribution >= 0.6 is 0 Å². The summed E-state index contributed by atoms with van der Waals surface area (Å²) < 4.78 is 0. The number of aryl methyl sites for hydroxylation is 1. The molecule has 0 aliphatic carbocycles. The molecule has 1 heterocycles. The van der Waals surface area contributed by atoms with Gasteiger partial charge >= 0.3 is 0 Å². The highest BCUT2D eigenvalue weighted by Gasteiger charge is 2.38. The highest BCUT2D eigenvalue weighted by atomic mass is 16.3. The fraction of sp³-hybridized carbons (Fsp3) is 0.519. The van der Waals surface area contributed by atoms with Crippen LogP contribution in [-0.4, -0.2) is 41.6 Å². The SMILES string of the molecule is CC(C)[C@@H](CN1CC[C@@](C)(c2cccc(O)c2)[C@@H](C)C1)NC(=O)CCc1ccccc1. The van der Waals surface area contributed by atoms with E-state index >= 15 is 0 Å². The van der Waals surface area contributed by atoms with Crippen molar-refractivity contribution in [3.8, 4) is 5.75 Å². The molecule has 1 fully saturated rings. The summed E-state index contributed by atoms with van der Waals surface area (Å²) in [6.45, 7) is 11.9. The van der Waals surface area contributed by atoms with E-state index in [9.17, 15) is 9.90 Å². The molecule has 0 spiro atoms. The zero-order valence-corrected chi connectivity index (χ0v) is 19.5. The van der Waals surface area contributed by atoms with Crippen molar-refractivity contribution in [3.05, 3.63) is 65.7 Å². The first-order valence-electron chi connectivity index (χ1n) is 11.6. The lowest BCUT2D eigenvalue weighted by Crippen LogP contribution is -2.53. The van der Waals surface area contributed by atoms with Crippen LogP contribution < -0.4 is 5.32 Å². The Balaban J connectivity index is 1.55. The molecule has 0 saturated carbocycles. The molecule has 4 nitrogen and oxygen atoms in total. The molecule has 1 aliphatic rings. The van der Waals surface area contributed by atoms with Crippen LogP contribution in [-0.2, 0) is 16.6 Å². The molecule has 4 heteroatoms. The number of nitrogens with zero attached hydrogens (tertiary/aromatic N) is 1. The predicted molar refractivity (Wildman–Crippen MR) is 127 cm³/mol. The number of benzene rings is 2. The van der Waals surface area contributed by atoms with Crippen molar-refractivity contribution in [1.82, 2.24) is 10.2 Å². The molecular formula is C27H38N2O2. The standard InChI is InChI=1S/C27H38N2O2/c1-20(2)25(28-26(31)14-13-22-9-6-5-7-10-22)19-29-16-15-27(4,21(3)18-29)23-11-8-12-24(30)17-23/h5-12,17,20-21,25,30H,13-16,18-19H2,1-4H3,(H,28,31)/t21-,25+,27+/m0/s1. The molecule has 1 saturated heterocycles. The molecule has 3 rings (SSSR count). The lowest BCUT2D eigenvalue weighted by Gasteiger charge is -2.46. The van der Waals surface area contributed by atoms with Crippen molar-refractivity contribution >= 4 is 5.91 Å². The normalized spacial score (nSPS) is 22.9. The highest BCUT2D eigenvalue weighted by molar-refractivity contribution is 5.76. The first kappa shape index (κ1) is 23.3. The van der Waals surface area contributed by atoms with Crippen LogP contribution in [0, 0.1) is 11.8 Å². The number of likely N-dealkylation sites (tertiary alicyclic amines) is 1. The van der Waals surface area contributed by atoms with E-state index in [1.165, 1.54) is 11.1 Å². The minimum absolute atomic E-state index is 0.0570. The number of phenols is 1. The maximum Gasteiger partial charge on any atom is 0.220 e. The van der Waals surface area contributed by atoms with Gasteiger partial charge in [0.15, 0.2) is 0 Å². The molecule has 0 aromatic heterocycles. The van der Waals surface area contributed by atoms with Gasteiger partial charge in [-0.15, -0.1) is 0 Å². The van der Waals surface area contributed by atoms with Gasteiger partial charge in [0.05, 0.1) is 0 Å². The monoisotopic (exact) mass is 422 g/mol. The minimum Gasteiger partial charge on any atom is -0.508 e. The van der Waals surface area contributed by atoms with E-state index in [0.29, 0.717) is 24.0 Å². The fourth-order valence-electron chi connectivity index (χ4n) is 4.66. The molecule has 1 amide bonds. The molecular weight excluding hydrogens is 384 g/mol. The van der Waals surface area contributed by atoms with Crippen LogP contribution in [0.4, 0.5) is 0 Å². The van der Waals surface area contributed by atoms with Gasteiger partial charge in [-0.05, 0) is 59.9 Å². The van der Waals surface area contributed by atoms with Gasteiger partial charge in [-0.3, -0.25) is 4.79 Å².